The average Bonchev–Trinajstić information content (AvgIpc) is 2.51. The van der Waals surface area contributed by atoms with Crippen molar-refractivity contribution < 1.29 is 13.5 Å². The van der Waals surface area contributed by atoms with Crippen LogP contribution in [0.15, 0.2) is 15.9 Å². The fraction of sp³-hybridized carbons (Fsp3) is 0.556. The van der Waals surface area contributed by atoms with Crippen LogP contribution in [0.25, 0.3) is 0 Å². The molecule has 2 unspecified atom stereocenters. The summed E-state index contributed by atoms with van der Waals surface area (Å²) in [6.45, 7) is 1.16. The third-order valence-corrected chi connectivity index (χ3v) is 3.44. The van der Waals surface area contributed by atoms with E-state index in [1.807, 2.05) is 12.1 Å². The van der Waals surface area contributed by atoms with Crippen LogP contribution < -0.4 is 5.73 Å². The van der Waals surface area contributed by atoms with Crippen molar-refractivity contribution in [2.24, 2.45) is 5.73 Å². The van der Waals surface area contributed by atoms with E-state index in [1.165, 1.54) is 11.3 Å². The smallest absolute Gasteiger partial charge is 0.261 e. The fourth-order valence-corrected chi connectivity index (χ4v) is 2.74. The molecule has 0 aromatic carbocycles. The molecule has 0 saturated carbocycles. The van der Waals surface area contributed by atoms with Crippen molar-refractivity contribution in [3.63, 3.8) is 0 Å². The van der Waals surface area contributed by atoms with Crippen molar-refractivity contribution in [2.45, 2.75) is 25.5 Å². The lowest BCUT2D eigenvalue weighted by molar-refractivity contribution is -0.0312. The van der Waals surface area contributed by atoms with Gasteiger partial charge in [-0.1, -0.05) is 0 Å². The first-order valence-electron chi connectivity index (χ1n) is 4.41. The lowest BCUT2D eigenvalue weighted by atomic mass is 10.1. The highest BCUT2D eigenvalue weighted by Gasteiger charge is 2.20. The van der Waals surface area contributed by atoms with Crippen LogP contribution in [0.1, 0.15) is 17.9 Å². The van der Waals surface area contributed by atoms with Crippen molar-refractivity contribution in [3.05, 3.63) is 20.8 Å². The highest BCUT2D eigenvalue weighted by molar-refractivity contribution is 9.11. The minimum Gasteiger partial charge on any atom is -0.365 e. The van der Waals surface area contributed by atoms with Crippen LogP contribution in [-0.4, -0.2) is 19.1 Å². The minimum atomic E-state index is -2.46. The second-order valence-electron chi connectivity index (χ2n) is 3.15. The molecule has 0 amide bonds. The van der Waals surface area contributed by atoms with E-state index in [2.05, 4.69) is 15.9 Å². The molecule has 0 radical (unpaired) electrons. The molecule has 1 heterocycles. The number of hydrogen-bond acceptors (Lipinski definition) is 3. The molecule has 0 saturated heterocycles. The Morgan fingerprint density at radius 1 is 1.53 bits per heavy atom. The van der Waals surface area contributed by atoms with Gasteiger partial charge in [0.2, 0.25) is 0 Å². The molecule has 15 heavy (non-hydrogen) atoms. The summed E-state index contributed by atoms with van der Waals surface area (Å²) in [6, 6.07) is 3.37. The van der Waals surface area contributed by atoms with Crippen molar-refractivity contribution in [1.29, 1.82) is 0 Å². The largest absolute Gasteiger partial charge is 0.365 e. The van der Waals surface area contributed by atoms with Crippen LogP contribution in [0.5, 0.6) is 0 Å². The molecule has 2 atom stereocenters. The molecule has 6 heteroatoms. The molecule has 1 rings (SSSR count). The number of rotatable bonds is 5. The molecule has 0 aliphatic carbocycles. The Labute approximate surface area is 99.5 Å². The molecule has 1 aromatic heterocycles. The van der Waals surface area contributed by atoms with E-state index < -0.39 is 19.1 Å². The minimum absolute atomic E-state index is 0.311. The maximum atomic E-state index is 12.0. The Hall–Kier alpha value is -0.0400. The molecule has 2 nitrogen and oxygen atoms in total. The Balaban J connectivity index is 2.66. The predicted molar refractivity (Wildman–Crippen MR) is 60.4 cm³/mol. The number of hydrogen-bond donors (Lipinski definition) is 1. The van der Waals surface area contributed by atoms with Crippen molar-refractivity contribution >= 4 is 27.3 Å². The molecular formula is C9H12BrF2NOS. The monoisotopic (exact) mass is 299 g/mol. The molecule has 2 N–H and O–H groups in total. The zero-order valence-electron chi connectivity index (χ0n) is 8.12. The van der Waals surface area contributed by atoms with Crippen molar-refractivity contribution in [3.8, 4) is 0 Å². The zero-order chi connectivity index (χ0) is 11.4. The Morgan fingerprint density at radius 3 is 2.60 bits per heavy atom. The summed E-state index contributed by atoms with van der Waals surface area (Å²) >= 11 is 4.75. The second-order valence-corrected chi connectivity index (χ2v) is 5.64. The molecule has 0 aliphatic rings. The number of nitrogens with two attached hydrogens (primary N) is 1. The van der Waals surface area contributed by atoms with Gasteiger partial charge in [-0.3, -0.25) is 0 Å². The van der Waals surface area contributed by atoms with Gasteiger partial charge < -0.3 is 10.5 Å². The van der Waals surface area contributed by atoms with E-state index in [0.717, 1.165) is 8.66 Å². The first kappa shape index (κ1) is 13.0. The van der Waals surface area contributed by atoms with Crippen LogP contribution in [-0.2, 0) is 4.74 Å². The van der Waals surface area contributed by atoms with Gasteiger partial charge in [0.1, 0.15) is 12.7 Å². The van der Waals surface area contributed by atoms with Gasteiger partial charge in [0.05, 0.1) is 3.79 Å². The molecule has 0 bridgehead atoms. The van der Waals surface area contributed by atoms with E-state index in [-0.39, 0.29) is 6.04 Å². The number of alkyl halides is 2. The summed E-state index contributed by atoms with van der Waals surface area (Å²) in [5.41, 5.74) is 5.69. The fourth-order valence-electron chi connectivity index (χ4n) is 1.15. The third kappa shape index (κ3) is 4.14. The van der Waals surface area contributed by atoms with E-state index in [0.29, 0.717) is 0 Å². The van der Waals surface area contributed by atoms with Crippen LogP contribution in [0.4, 0.5) is 8.78 Å². The van der Waals surface area contributed by atoms with Gasteiger partial charge in [-0.25, -0.2) is 8.78 Å². The topological polar surface area (TPSA) is 35.2 Å². The zero-order valence-corrected chi connectivity index (χ0v) is 10.5. The first-order valence-corrected chi connectivity index (χ1v) is 6.02. The van der Waals surface area contributed by atoms with Gasteiger partial charge >= 0.3 is 0 Å². The van der Waals surface area contributed by atoms with E-state index in [1.54, 1.807) is 6.92 Å². The summed E-state index contributed by atoms with van der Waals surface area (Å²) in [5.74, 6) is 0. The van der Waals surface area contributed by atoms with Gasteiger partial charge in [-0.15, -0.1) is 11.3 Å². The molecule has 86 valence electrons. The van der Waals surface area contributed by atoms with E-state index in [4.69, 9.17) is 10.5 Å². The Morgan fingerprint density at radius 2 is 2.20 bits per heavy atom. The van der Waals surface area contributed by atoms with E-state index >= 15 is 0 Å². The van der Waals surface area contributed by atoms with Crippen LogP contribution in [0, 0.1) is 0 Å². The Kier molecular flexibility index (Phi) is 5.11. The molecule has 0 fully saturated rings. The quantitative estimate of drug-likeness (QED) is 0.906. The molecule has 0 spiro atoms. The number of ether oxygens (including phenoxy) is 1. The molecular weight excluding hydrogens is 288 g/mol. The maximum absolute atomic E-state index is 12.0. The summed E-state index contributed by atoms with van der Waals surface area (Å²) in [6.07, 6.45) is -2.93. The Bertz CT molecular complexity index is 306. The normalized spacial score (nSPS) is 15.6. The third-order valence-electron chi connectivity index (χ3n) is 1.75. The van der Waals surface area contributed by atoms with Crippen LogP contribution >= 0.6 is 27.3 Å². The highest BCUT2D eigenvalue weighted by atomic mass is 79.9. The molecule has 0 aliphatic heterocycles. The average molecular weight is 300 g/mol. The first-order chi connectivity index (χ1) is 7.00. The molecule has 1 aromatic rings. The number of thiophene rings is 1. The summed E-state index contributed by atoms with van der Waals surface area (Å²) in [5, 5.41) is 0. The highest BCUT2D eigenvalue weighted by Crippen LogP contribution is 2.31. The van der Waals surface area contributed by atoms with Gasteiger partial charge in [0.15, 0.2) is 0 Å². The summed E-state index contributed by atoms with van der Waals surface area (Å²) in [7, 11) is 0. The van der Waals surface area contributed by atoms with Crippen LogP contribution in [0.3, 0.4) is 0 Å². The predicted octanol–water partition coefficient (Wildman–Crippen LogP) is 3.18. The van der Waals surface area contributed by atoms with Crippen molar-refractivity contribution in [2.75, 3.05) is 6.61 Å². The SMILES string of the molecule is CC(N)C(OCC(F)F)c1ccc(Br)s1. The van der Waals surface area contributed by atoms with Gasteiger partial charge in [0, 0.05) is 10.9 Å². The number of halogens is 3. The van der Waals surface area contributed by atoms with E-state index in [9.17, 15) is 8.78 Å². The van der Waals surface area contributed by atoms with Gasteiger partial charge in [-0.2, -0.15) is 0 Å². The maximum Gasteiger partial charge on any atom is 0.261 e. The summed E-state index contributed by atoms with van der Waals surface area (Å²) in [4.78, 5) is 0.859. The lowest BCUT2D eigenvalue weighted by Crippen LogP contribution is -2.27. The van der Waals surface area contributed by atoms with Crippen molar-refractivity contribution in [1.82, 2.24) is 0 Å². The van der Waals surface area contributed by atoms with Gasteiger partial charge in [-0.05, 0) is 35.0 Å². The second kappa shape index (κ2) is 5.89. The summed E-state index contributed by atoms with van der Waals surface area (Å²) < 4.78 is 30.0. The standard InChI is InChI=1S/C9H12BrF2NOS/c1-5(13)9(14-4-8(11)12)6-2-3-7(10)15-6/h2-3,5,8-9H,4,13H2,1H3. The van der Waals surface area contributed by atoms with Crippen LogP contribution in [0.2, 0.25) is 0 Å². The lowest BCUT2D eigenvalue weighted by Gasteiger charge is -2.19. The van der Waals surface area contributed by atoms with Gasteiger partial charge in [0.25, 0.3) is 6.43 Å².